The Labute approximate surface area is 118 Å². The summed E-state index contributed by atoms with van der Waals surface area (Å²) in [6.45, 7) is 6.27. The summed E-state index contributed by atoms with van der Waals surface area (Å²) in [6, 6.07) is 4.83. The fraction of sp³-hybridized carbons (Fsp3) is 0.467. The number of phenolic OH excluding ortho intramolecular Hbond substituents is 1. The Morgan fingerprint density at radius 2 is 1.95 bits per heavy atom. The predicted octanol–water partition coefficient (Wildman–Crippen LogP) is 1.39. The summed E-state index contributed by atoms with van der Waals surface area (Å²) in [5.41, 5.74) is 0.249. The van der Waals surface area contributed by atoms with Crippen molar-refractivity contribution >= 4 is 11.8 Å². The van der Waals surface area contributed by atoms with Gasteiger partial charge in [0.05, 0.1) is 0 Å². The minimum atomic E-state index is -0.870. The molecule has 1 N–H and O–H groups in total. The van der Waals surface area contributed by atoms with Crippen molar-refractivity contribution in [1.82, 2.24) is 9.80 Å². The molecule has 0 aromatic heterocycles. The monoisotopic (exact) mass is 276 g/mol. The van der Waals surface area contributed by atoms with Crippen molar-refractivity contribution in [3.63, 3.8) is 0 Å². The van der Waals surface area contributed by atoms with E-state index in [0.717, 1.165) is 5.56 Å². The first-order valence-corrected chi connectivity index (χ1v) is 6.62. The van der Waals surface area contributed by atoms with E-state index in [1.54, 1.807) is 49.8 Å². The number of carbonyl (C=O) groups is 2. The number of amides is 2. The number of phenols is 1. The van der Waals surface area contributed by atoms with Gasteiger partial charge in [0.2, 0.25) is 5.91 Å². The summed E-state index contributed by atoms with van der Waals surface area (Å²) < 4.78 is 0. The van der Waals surface area contributed by atoms with Crippen LogP contribution in [0.15, 0.2) is 18.2 Å². The SMILES string of the molecule is Cc1ccc(C(=O)N2CCN(C)C(=O)C2(C)C)cc1O. The lowest BCUT2D eigenvalue weighted by atomic mass is 9.96. The molecular formula is C15H20N2O3. The highest BCUT2D eigenvalue weighted by atomic mass is 16.3. The molecule has 0 atom stereocenters. The fourth-order valence-corrected chi connectivity index (χ4v) is 2.47. The van der Waals surface area contributed by atoms with E-state index in [1.165, 1.54) is 6.07 Å². The fourth-order valence-electron chi connectivity index (χ4n) is 2.47. The van der Waals surface area contributed by atoms with Gasteiger partial charge in [-0.1, -0.05) is 6.07 Å². The molecule has 0 bridgehead atoms. The van der Waals surface area contributed by atoms with Crippen molar-refractivity contribution in [2.45, 2.75) is 26.3 Å². The number of hydrogen-bond donors (Lipinski definition) is 1. The first-order chi connectivity index (χ1) is 9.25. The van der Waals surface area contributed by atoms with Crippen LogP contribution in [0.25, 0.3) is 0 Å². The molecule has 1 fully saturated rings. The molecule has 0 saturated carbocycles. The van der Waals surface area contributed by atoms with E-state index in [1.807, 2.05) is 0 Å². The molecule has 108 valence electrons. The number of aryl methyl sites for hydroxylation is 1. The second-order valence-corrected chi connectivity index (χ2v) is 5.74. The van der Waals surface area contributed by atoms with Crippen molar-refractivity contribution in [3.8, 4) is 5.75 Å². The molecule has 1 aromatic rings. The summed E-state index contributed by atoms with van der Waals surface area (Å²) in [5.74, 6) is -0.214. The summed E-state index contributed by atoms with van der Waals surface area (Å²) in [6.07, 6.45) is 0. The van der Waals surface area contributed by atoms with Gasteiger partial charge in [0.1, 0.15) is 11.3 Å². The normalized spacial score (nSPS) is 18.3. The molecule has 5 heteroatoms. The van der Waals surface area contributed by atoms with E-state index in [2.05, 4.69) is 0 Å². The highest BCUT2D eigenvalue weighted by Gasteiger charge is 2.43. The van der Waals surface area contributed by atoms with Gasteiger partial charge in [-0.05, 0) is 38.5 Å². The number of aromatic hydroxyl groups is 1. The van der Waals surface area contributed by atoms with Crippen molar-refractivity contribution in [2.24, 2.45) is 0 Å². The maximum atomic E-state index is 12.6. The molecule has 2 amide bonds. The van der Waals surface area contributed by atoms with Crippen LogP contribution in [0.4, 0.5) is 0 Å². The van der Waals surface area contributed by atoms with Gasteiger partial charge in [0, 0.05) is 25.7 Å². The van der Waals surface area contributed by atoms with Gasteiger partial charge in [-0.2, -0.15) is 0 Å². The Kier molecular flexibility index (Phi) is 3.46. The molecule has 1 saturated heterocycles. The first-order valence-electron chi connectivity index (χ1n) is 6.62. The lowest BCUT2D eigenvalue weighted by Gasteiger charge is -2.44. The number of piperazine rings is 1. The predicted molar refractivity (Wildman–Crippen MR) is 75.6 cm³/mol. The van der Waals surface area contributed by atoms with Gasteiger partial charge in [-0.3, -0.25) is 9.59 Å². The summed E-state index contributed by atoms with van der Waals surface area (Å²) in [7, 11) is 1.74. The van der Waals surface area contributed by atoms with Gasteiger partial charge < -0.3 is 14.9 Å². The Morgan fingerprint density at radius 3 is 2.55 bits per heavy atom. The Balaban J connectivity index is 2.33. The molecular weight excluding hydrogens is 256 g/mol. The molecule has 5 nitrogen and oxygen atoms in total. The molecule has 0 aliphatic carbocycles. The van der Waals surface area contributed by atoms with Crippen LogP contribution < -0.4 is 0 Å². The van der Waals surface area contributed by atoms with Crippen LogP contribution in [0, 0.1) is 6.92 Å². The van der Waals surface area contributed by atoms with E-state index in [0.29, 0.717) is 18.7 Å². The highest BCUT2D eigenvalue weighted by molar-refractivity contribution is 5.99. The number of likely N-dealkylation sites (N-methyl/N-ethyl adjacent to an activating group) is 1. The van der Waals surface area contributed by atoms with E-state index < -0.39 is 5.54 Å². The van der Waals surface area contributed by atoms with Gasteiger partial charge in [0.25, 0.3) is 5.91 Å². The third kappa shape index (κ3) is 2.24. The average molecular weight is 276 g/mol. The zero-order valence-corrected chi connectivity index (χ0v) is 12.3. The molecule has 1 aliphatic heterocycles. The second-order valence-electron chi connectivity index (χ2n) is 5.74. The molecule has 20 heavy (non-hydrogen) atoms. The van der Waals surface area contributed by atoms with Crippen LogP contribution in [-0.4, -0.2) is 52.4 Å². The van der Waals surface area contributed by atoms with Crippen molar-refractivity contribution in [2.75, 3.05) is 20.1 Å². The van der Waals surface area contributed by atoms with E-state index >= 15 is 0 Å². The number of benzene rings is 1. The van der Waals surface area contributed by atoms with Crippen LogP contribution in [0.2, 0.25) is 0 Å². The minimum Gasteiger partial charge on any atom is -0.508 e. The second kappa shape index (κ2) is 4.81. The molecule has 1 heterocycles. The van der Waals surface area contributed by atoms with E-state index in [9.17, 15) is 14.7 Å². The van der Waals surface area contributed by atoms with Crippen LogP contribution in [-0.2, 0) is 4.79 Å². The average Bonchev–Trinajstić information content (AvgIpc) is 2.39. The molecule has 0 unspecified atom stereocenters. The third-order valence-electron chi connectivity index (χ3n) is 3.91. The summed E-state index contributed by atoms with van der Waals surface area (Å²) in [4.78, 5) is 28.0. The zero-order chi connectivity index (χ0) is 15.1. The Bertz CT molecular complexity index is 566. The first kappa shape index (κ1) is 14.4. The molecule has 0 spiro atoms. The Hall–Kier alpha value is -2.04. The lowest BCUT2D eigenvalue weighted by molar-refractivity contribution is -0.144. The third-order valence-corrected chi connectivity index (χ3v) is 3.91. The lowest BCUT2D eigenvalue weighted by Crippen LogP contribution is -2.63. The molecule has 2 rings (SSSR count). The minimum absolute atomic E-state index is 0.0755. The maximum absolute atomic E-state index is 12.6. The van der Waals surface area contributed by atoms with Gasteiger partial charge in [-0.25, -0.2) is 0 Å². The van der Waals surface area contributed by atoms with Crippen LogP contribution in [0.1, 0.15) is 29.8 Å². The number of rotatable bonds is 1. The highest BCUT2D eigenvalue weighted by Crippen LogP contribution is 2.25. The van der Waals surface area contributed by atoms with Crippen LogP contribution in [0.5, 0.6) is 5.75 Å². The van der Waals surface area contributed by atoms with Crippen molar-refractivity contribution in [1.29, 1.82) is 0 Å². The largest absolute Gasteiger partial charge is 0.508 e. The summed E-state index contributed by atoms with van der Waals surface area (Å²) >= 11 is 0. The topological polar surface area (TPSA) is 60.9 Å². The maximum Gasteiger partial charge on any atom is 0.254 e. The standard InChI is InChI=1S/C15H20N2O3/c1-10-5-6-11(9-12(10)18)13(19)17-8-7-16(4)14(20)15(17,2)3/h5-6,9,18H,7-8H2,1-4H3. The van der Waals surface area contributed by atoms with E-state index in [-0.39, 0.29) is 17.6 Å². The van der Waals surface area contributed by atoms with E-state index in [4.69, 9.17) is 0 Å². The molecule has 1 aliphatic rings. The quantitative estimate of drug-likeness (QED) is 0.843. The smallest absolute Gasteiger partial charge is 0.254 e. The van der Waals surface area contributed by atoms with Crippen molar-refractivity contribution < 1.29 is 14.7 Å². The summed E-state index contributed by atoms with van der Waals surface area (Å²) in [5, 5.41) is 9.73. The molecule has 1 aromatic carbocycles. The van der Waals surface area contributed by atoms with Crippen LogP contribution in [0.3, 0.4) is 0 Å². The molecule has 0 radical (unpaired) electrons. The zero-order valence-electron chi connectivity index (χ0n) is 12.3. The van der Waals surface area contributed by atoms with Gasteiger partial charge in [0.15, 0.2) is 0 Å². The van der Waals surface area contributed by atoms with Crippen molar-refractivity contribution in [3.05, 3.63) is 29.3 Å². The van der Waals surface area contributed by atoms with Gasteiger partial charge in [-0.15, -0.1) is 0 Å². The van der Waals surface area contributed by atoms with Crippen LogP contribution >= 0.6 is 0 Å². The number of nitrogens with zero attached hydrogens (tertiary/aromatic N) is 2. The number of carbonyl (C=O) groups excluding carboxylic acids is 2. The number of hydrogen-bond acceptors (Lipinski definition) is 3. The van der Waals surface area contributed by atoms with Gasteiger partial charge >= 0.3 is 0 Å². The Morgan fingerprint density at radius 1 is 1.30 bits per heavy atom.